The maximum absolute atomic E-state index is 12.3. The van der Waals surface area contributed by atoms with Crippen LogP contribution in [0.2, 0.25) is 0 Å². The number of hydrogen-bond donors (Lipinski definition) is 1. The standard InChI is InChI=1S/C16H30N2O2S/c1-21(19,20)15-9-4-10-16(15,12-17)18-11-5-7-13-6-2-3-8-14(13)18/h13-15H,2-12,17H2,1H3/t13-,14-,15?,16?/m1/s1. The van der Waals surface area contributed by atoms with Crippen LogP contribution in [0.4, 0.5) is 0 Å². The van der Waals surface area contributed by atoms with Crippen LogP contribution in [0, 0.1) is 5.92 Å². The van der Waals surface area contributed by atoms with Crippen molar-refractivity contribution < 1.29 is 8.42 Å². The lowest BCUT2D eigenvalue weighted by Gasteiger charge is -2.54. The van der Waals surface area contributed by atoms with Gasteiger partial charge in [-0.25, -0.2) is 8.42 Å². The molecule has 4 nitrogen and oxygen atoms in total. The number of hydrogen-bond acceptors (Lipinski definition) is 4. The first-order valence-corrected chi connectivity index (χ1v) is 10.6. The van der Waals surface area contributed by atoms with Crippen molar-refractivity contribution in [1.29, 1.82) is 0 Å². The second-order valence-electron chi connectivity index (χ2n) is 7.47. The number of rotatable bonds is 3. The molecule has 21 heavy (non-hydrogen) atoms. The first-order valence-electron chi connectivity index (χ1n) is 8.65. The number of fused-ring (bicyclic) bond motifs is 1. The Morgan fingerprint density at radius 2 is 1.81 bits per heavy atom. The quantitative estimate of drug-likeness (QED) is 0.864. The molecule has 0 spiro atoms. The fraction of sp³-hybridized carbons (Fsp3) is 1.00. The molecule has 4 atom stereocenters. The molecule has 2 saturated carbocycles. The van der Waals surface area contributed by atoms with Crippen LogP contribution in [-0.2, 0) is 9.84 Å². The lowest BCUT2D eigenvalue weighted by molar-refractivity contribution is -0.0213. The van der Waals surface area contributed by atoms with Crippen molar-refractivity contribution >= 4 is 9.84 Å². The predicted octanol–water partition coefficient (Wildman–Crippen LogP) is 1.94. The summed E-state index contributed by atoms with van der Waals surface area (Å²) in [5, 5.41) is -0.254. The fourth-order valence-electron chi connectivity index (χ4n) is 5.49. The van der Waals surface area contributed by atoms with Gasteiger partial charge in [-0.1, -0.05) is 19.3 Å². The van der Waals surface area contributed by atoms with Gasteiger partial charge in [0.15, 0.2) is 9.84 Å². The maximum Gasteiger partial charge on any atom is 0.152 e. The van der Waals surface area contributed by atoms with Gasteiger partial charge in [-0.2, -0.15) is 0 Å². The third-order valence-corrected chi connectivity index (χ3v) is 8.07. The van der Waals surface area contributed by atoms with Crippen molar-refractivity contribution in [2.75, 3.05) is 19.3 Å². The van der Waals surface area contributed by atoms with E-state index in [2.05, 4.69) is 4.90 Å². The summed E-state index contributed by atoms with van der Waals surface area (Å²) in [5.74, 6) is 0.775. The van der Waals surface area contributed by atoms with E-state index in [0.717, 1.165) is 31.7 Å². The zero-order valence-corrected chi connectivity index (χ0v) is 14.1. The SMILES string of the molecule is CS(=O)(=O)C1CCCC1(CN)N1CCC[C@H]2CCCC[C@H]21. The van der Waals surface area contributed by atoms with Crippen LogP contribution in [-0.4, -0.2) is 49.5 Å². The van der Waals surface area contributed by atoms with Gasteiger partial charge >= 0.3 is 0 Å². The summed E-state index contributed by atoms with van der Waals surface area (Å²) in [7, 11) is -3.03. The van der Waals surface area contributed by atoms with E-state index in [1.54, 1.807) is 0 Å². The van der Waals surface area contributed by atoms with Gasteiger partial charge in [-0.05, 0) is 51.0 Å². The monoisotopic (exact) mass is 314 g/mol. The lowest BCUT2D eigenvalue weighted by atomic mass is 9.75. The van der Waals surface area contributed by atoms with E-state index in [1.165, 1.54) is 44.8 Å². The van der Waals surface area contributed by atoms with Crippen molar-refractivity contribution in [2.45, 2.75) is 74.6 Å². The van der Waals surface area contributed by atoms with Crippen LogP contribution < -0.4 is 5.73 Å². The summed E-state index contributed by atoms with van der Waals surface area (Å²) in [6, 6.07) is 0.582. The van der Waals surface area contributed by atoms with E-state index in [9.17, 15) is 8.42 Å². The van der Waals surface area contributed by atoms with Crippen LogP contribution in [0.25, 0.3) is 0 Å². The fourth-order valence-corrected chi connectivity index (χ4v) is 7.23. The second kappa shape index (κ2) is 5.82. The van der Waals surface area contributed by atoms with Crippen LogP contribution in [0.15, 0.2) is 0 Å². The Morgan fingerprint density at radius 3 is 2.52 bits per heavy atom. The molecule has 2 N–H and O–H groups in total. The zero-order valence-electron chi connectivity index (χ0n) is 13.3. The molecule has 0 bridgehead atoms. The number of sulfone groups is 1. The van der Waals surface area contributed by atoms with E-state index in [-0.39, 0.29) is 10.8 Å². The van der Waals surface area contributed by atoms with Gasteiger partial charge in [-0.15, -0.1) is 0 Å². The van der Waals surface area contributed by atoms with Crippen molar-refractivity contribution in [3.05, 3.63) is 0 Å². The van der Waals surface area contributed by atoms with E-state index >= 15 is 0 Å². The first kappa shape index (κ1) is 15.8. The maximum atomic E-state index is 12.3. The highest BCUT2D eigenvalue weighted by Gasteiger charge is 2.54. The highest BCUT2D eigenvalue weighted by molar-refractivity contribution is 7.91. The number of likely N-dealkylation sites (tertiary alicyclic amines) is 1. The van der Waals surface area contributed by atoms with Gasteiger partial charge in [0.1, 0.15) is 0 Å². The summed E-state index contributed by atoms with van der Waals surface area (Å²) in [5.41, 5.74) is 5.92. The normalized spacial score (nSPS) is 41.9. The topological polar surface area (TPSA) is 63.4 Å². The Kier molecular flexibility index (Phi) is 4.37. The molecule has 122 valence electrons. The van der Waals surface area contributed by atoms with Crippen molar-refractivity contribution in [2.24, 2.45) is 11.7 Å². The molecule has 3 rings (SSSR count). The van der Waals surface area contributed by atoms with Gasteiger partial charge in [0.25, 0.3) is 0 Å². The van der Waals surface area contributed by atoms with Crippen LogP contribution >= 0.6 is 0 Å². The summed E-state index contributed by atoms with van der Waals surface area (Å²) < 4.78 is 24.7. The molecule has 1 heterocycles. The Balaban J connectivity index is 1.94. The molecule has 0 radical (unpaired) electrons. The number of piperidine rings is 1. The first-order chi connectivity index (χ1) is 9.99. The predicted molar refractivity (Wildman–Crippen MR) is 86.0 cm³/mol. The highest BCUT2D eigenvalue weighted by atomic mass is 32.2. The minimum atomic E-state index is -3.03. The molecular formula is C16H30N2O2S. The Bertz CT molecular complexity index is 477. The van der Waals surface area contributed by atoms with Gasteiger partial charge in [-0.3, -0.25) is 4.90 Å². The molecule has 0 aromatic rings. The summed E-state index contributed by atoms with van der Waals surface area (Å²) >= 11 is 0. The second-order valence-corrected chi connectivity index (χ2v) is 9.69. The molecule has 5 heteroatoms. The smallest absolute Gasteiger partial charge is 0.152 e. The Hall–Kier alpha value is -0.130. The Morgan fingerprint density at radius 1 is 1.10 bits per heavy atom. The molecule has 1 saturated heterocycles. The number of nitrogens with two attached hydrogens (primary N) is 1. The van der Waals surface area contributed by atoms with E-state index in [4.69, 9.17) is 5.73 Å². The minimum Gasteiger partial charge on any atom is -0.329 e. The van der Waals surface area contributed by atoms with E-state index in [0.29, 0.717) is 12.6 Å². The minimum absolute atomic E-state index is 0.254. The van der Waals surface area contributed by atoms with Crippen molar-refractivity contribution in [3.8, 4) is 0 Å². The van der Waals surface area contributed by atoms with Crippen molar-refractivity contribution in [1.82, 2.24) is 4.90 Å². The van der Waals surface area contributed by atoms with Gasteiger partial charge in [0.05, 0.1) is 10.8 Å². The number of nitrogens with zero attached hydrogens (tertiary/aromatic N) is 1. The third-order valence-electron chi connectivity index (χ3n) is 6.36. The van der Waals surface area contributed by atoms with Crippen LogP contribution in [0.1, 0.15) is 57.8 Å². The molecule has 0 aromatic heterocycles. The molecule has 0 amide bonds. The summed E-state index contributed by atoms with van der Waals surface area (Å²) in [4.78, 5) is 2.57. The average molecular weight is 314 g/mol. The van der Waals surface area contributed by atoms with Gasteiger partial charge in [0.2, 0.25) is 0 Å². The third kappa shape index (κ3) is 2.66. The molecule has 0 aromatic carbocycles. The Labute approximate surface area is 129 Å². The molecule has 1 aliphatic heterocycles. The van der Waals surface area contributed by atoms with Gasteiger partial charge in [0, 0.05) is 18.8 Å². The zero-order chi connectivity index (χ0) is 15.1. The highest BCUT2D eigenvalue weighted by Crippen LogP contribution is 2.45. The lowest BCUT2D eigenvalue weighted by Crippen LogP contribution is -2.66. The molecule has 2 unspecified atom stereocenters. The van der Waals surface area contributed by atoms with Crippen LogP contribution in [0.5, 0.6) is 0 Å². The van der Waals surface area contributed by atoms with E-state index in [1.807, 2.05) is 0 Å². The largest absolute Gasteiger partial charge is 0.329 e. The molecular weight excluding hydrogens is 284 g/mol. The van der Waals surface area contributed by atoms with E-state index < -0.39 is 9.84 Å². The average Bonchev–Trinajstić information content (AvgIpc) is 2.92. The molecule has 3 fully saturated rings. The molecule has 3 aliphatic rings. The van der Waals surface area contributed by atoms with Crippen molar-refractivity contribution in [3.63, 3.8) is 0 Å². The summed E-state index contributed by atoms with van der Waals surface area (Å²) in [6.07, 6.45) is 11.9. The van der Waals surface area contributed by atoms with Gasteiger partial charge < -0.3 is 5.73 Å². The summed E-state index contributed by atoms with van der Waals surface area (Å²) in [6.45, 7) is 1.54. The van der Waals surface area contributed by atoms with Crippen LogP contribution in [0.3, 0.4) is 0 Å². The molecule has 2 aliphatic carbocycles.